The van der Waals surface area contributed by atoms with Crippen LogP contribution >= 0.6 is 0 Å². The number of aromatic nitrogens is 2. The summed E-state index contributed by atoms with van der Waals surface area (Å²) in [7, 11) is 2.02. The quantitative estimate of drug-likeness (QED) is 0.419. The first-order valence-electron chi connectivity index (χ1n) is 10.3. The molecule has 3 aromatic carbocycles. The SMILES string of the molecule is Cn1ccc2cc(C(C)(C)NC(=O)c3ccc4c(=O)c5ccccc5[nH]c4c3)ccc21. The van der Waals surface area contributed by atoms with E-state index in [4.69, 9.17) is 0 Å². The number of para-hydroxylation sites is 1. The maximum Gasteiger partial charge on any atom is 0.252 e. The Morgan fingerprint density at radius 3 is 2.55 bits per heavy atom. The number of rotatable bonds is 3. The number of hydrogen-bond acceptors (Lipinski definition) is 2. The molecule has 0 saturated carbocycles. The Labute approximate surface area is 179 Å². The summed E-state index contributed by atoms with van der Waals surface area (Å²) in [4.78, 5) is 29.1. The third-order valence-corrected chi connectivity index (χ3v) is 6.00. The van der Waals surface area contributed by atoms with E-state index in [1.807, 2.05) is 51.4 Å². The predicted octanol–water partition coefficient (Wildman–Crippen LogP) is 4.84. The number of hydrogen-bond donors (Lipinski definition) is 2. The topological polar surface area (TPSA) is 66.9 Å². The molecular weight excluding hydrogens is 386 g/mol. The fourth-order valence-corrected chi connectivity index (χ4v) is 4.17. The van der Waals surface area contributed by atoms with E-state index in [-0.39, 0.29) is 11.3 Å². The lowest BCUT2D eigenvalue weighted by atomic mass is 9.92. The van der Waals surface area contributed by atoms with Gasteiger partial charge in [-0.2, -0.15) is 0 Å². The number of nitrogens with one attached hydrogen (secondary N) is 2. The largest absolute Gasteiger partial charge is 0.354 e. The van der Waals surface area contributed by atoms with E-state index < -0.39 is 5.54 Å². The Morgan fingerprint density at radius 1 is 0.935 bits per heavy atom. The fraction of sp³-hybridized carbons (Fsp3) is 0.154. The Kier molecular flexibility index (Phi) is 4.22. The minimum absolute atomic E-state index is 0.0344. The number of pyridine rings is 1. The zero-order valence-corrected chi connectivity index (χ0v) is 17.7. The van der Waals surface area contributed by atoms with Crippen LogP contribution in [-0.2, 0) is 12.6 Å². The number of aryl methyl sites for hydroxylation is 1. The van der Waals surface area contributed by atoms with Gasteiger partial charge < -0.3 is 14.9 Å². The molecular formula is C26H23N3O2. The van der Waals surface area contributed by atoms with Crippen LogP contribution in [0.1, 0.15) is 29.8 Å². The Morgan fingerprint density at radius 2 is 1.71 bits per heavy atom. The normalized spacial score (nSPS) is 12.0. The van der Waals surface area contributed by atoms with Crippen LogP contribution in [0.25, 0.3) is 32.7 Å². The third kappa shape index (κ3) is 3.19. The summed E-state index contributed by atoms with van der Waals surface area (Å²) in [5.74, 6) is -0.186. The van der Waals surface area contributed by atoms with E-state index in [9.17, 15) is 9.59 Å². The van der Waals surface area contributed by atoms with Crippen molar-refractivity contribution in [2.24, 2.45) is 7.05 Å². The average molecular weight is 409 g/mol. The van der Waals surface area contributed by atoms with Crippen LogP contribution in [0.15, 0.2) is 77.7 Å². The number of aromatic amines is 1. The molecule has 2 N–H and O–H groups in total. The van der Waals surface area contributed by atoms with Crippen LogP contribution in [0.3, 0.4) is 0 Å². The molecule has 0 unspecified atom stereocenters. The zero-order chi connectivity index (χ0) is 21.8. The highest BCUT2D eigenvalue weighted by molar-refractivity contribution is 6.00. The summed E-state index contributed by atoms with van der Waals surface area (Å²) in [6, 6.07) is 20.9. The second kappa shape index (κ2) is 6.84. The van der Waals surface area contributed by atoms with Gasteiger partial charge in [0.2, 0.25) is 0 Å². The van der Waals surface area contributed by atoms with E-state index in [0.29, 0.717) is 21.9 Å². The molecule has 2 aromatic heterocycles. The van der Waals surface area contributed by atoms with E-state index >= 15 is 0 Å². The molecule has 2 heterocycles. The molecule has 0 aliphatic rings. The second-order valence-corrected chi connectivity index (χ2v) is 8.54. The lowest BCUT2D eigenvalue weighted by Crippen LogP contribution is -2.41. The van der Waals surface area contributed by atoms with Crippen LogP contribution in [-0.4, -0.2) is 15.5 Å². The van der Waals surface area contributed by atoms with E-state index in [1.165, 1.54) is 0 Å². The van der Waals surface area contributed by atoms with Gasteiger partial charge in [-0.25, -0.2) is 0 Å². The van der Waals surface area contributed by atoms with Gasteiger partial charge in [-0.15, -0.1) is 0 Å². The number of amides is 1. The summed E-state index contributed by atoms with van der Waals surface area (Å²) >= 11 is 0. The summed E-state index contributed by atoms with van der Waals surface area (Å²) in [6.07, 6.45) is 2.03. The van der Waals surface area contributed by atoms with Crippen molar-refractivity contribution in [1.29, 1.82) is 0 Å². The van der Waals surface area contributed by atoms with Crippen LogP contribution < -0.4 is 10.7 Å². The van der Waals surface area contributed by atoms with Gasteiger partial charge in [0, 0.05) is 40.6 Å². The van der Waals surface area contributed by atoms with Crippen molar-refractivity contribution < 1.29 is 4.79 Å². The Bertz CT molecular complexity index is 1540. The van der Waals surface area contributed by atoms with Crippen LogP contribution in [0.4, 0.5) is 0 Å². The van der Waals surface area contributed by atoms with Gasteiger partial charge in [-0.05, 0) is 73.3 Å². The molecule has 0 aliphatic heterocycles. The summed E-state index contributed by atoms with van der Waals surface area (Å²) < 4.78 is 2.07. The molecule has 0 spiro atoms. The first kappa shape index (κ1) is 19.1. The number of carbonyl (C=O) groups excluding carboxylic acids is 1. The van der Waals surface area contributed by atoms with Crippen LogP contribution in [0.2, 0.25) is 0 Å². The van der Waals surface area contributed by atoms with Gasteiger partial charge in [0.25, 0.3) is 5.91 Å². The molecule has 0 aliphatic carbocycles. The molecule has 31 heavy (non-hydrogen) atoms. The van der Waals surface area contributed by atoms with Crippen LogP contribution in [0, 0.1) is 0 Å². The minimum atomic E-state index is -0.563. The van der Waals surface area contributed by atoms with Crippen molar-refractivity contribution in [1.82, 2.24) is 14.9 Å². The third-order valence-electron chi connectivity index (χ3n) is 6.00. The number of benzene rings is 3. The van der Waals surface area contributed by atoms with E-state index in [2.05, 4.69) is 33.1 Å². The predicted molar refractivity (Wildman–Crippen MR) is 125 cm³/mol. The molecule has 0 bridgehead atoms. The maximum absolute atomic E-state index is 13.1. The van der Waals surface area contributed by atoms with Crippen LogP contribution in [0.5, 0.6) is 0 Å². The van der Waals surface area contributed by atoms with Gasteiger partial charge in [0.05, 0.1) is 11.1 Å². The van der Waals surface area contributed by atoms with Gasteiger partial charge in [-0.1, -0.05) is 18.2 Å². The molecule has 5 aromatic rings. The molecule has 0 saturated heterocycles. The smallest absolute Gasteiger partial charge is 0.252 e. The molecule has 0 atom stereocenters. The number of fused-ring (bicyclic) bond motifs is 3. The monoisotopic (exact) mass is 409 g/mol. The van der Waals surface area contributed by atoms with Gasteiger partial charge in [-0.3, -0.25) is 9.59 Å². The molecule has 154 valence electrons. The highest BCUT2D eigenvalue weighted by atomic mass is 16.1. The molecule has 0 fully saturated rings. The minimum Gasteiger partial charge on any atom is -0.354 e. The van der Waals surface area contributed by atoms with Crippen molar-refractivity contribution in [3.05, 3.63) is 94.3 Å². The van der Waals surface area contributed by atoms with E-state index in [0.717, 1.165) is 22.0 Å². The molecule has 5 rings (SSSR count). The first-order valence-corrected chi connectivity index (χ1v) is 10.3. The first-order chi connectivity index (χ1) is 14.8. The van der Waals surface area contributed by atoms with Gasteiger partial charge >= 0.3 is 0 Å². The van der Waals surface area contributed by atoms with Crippen molar-refractivity contribution in [2.45, 2.75) is 19.4 Å². The van der Waals surface area contributed by atoms with E-state index in [1.54, 1.807) is 24.3 Å². The molecule has 0 radical (unpaired) electrons. The highest BCUT2D eigenvalue weighted by Crippen LogP contribution is 2.26. The highest BCUT2D eigenvalue weighted by Gasteiger charge is 2.24. The van der Waals surface area contributed by atoms with Crippen molar-refractivity contribution >= 4 is 38.6 Å². The Hall–Kier alpha value is -3.86. The fourth-order valence-electron chi connectivity index (χ4n) is 4.17. The molecule has 5 heteroatoms. The average Bonchev–Trinajstić information content (AvgIpc) is 3.13. The molecule has 1 amide bonds. The molecule has 5 nitrogen and oxygen atoms in total. The second-order valence-electron chi connectivity index (χ2n) is 8.54. The summed E-state index contributed by atoms with van der Waals surface area (Å²) in [5.41, 5.74) is 3.50. The van der Waals surface area contributed by atoms with Gasteiger partial charge in [0.1, 0.15) is 0 Å². The lowest BCUT2D eigenvalue weighted by Gasteiger charge is -2.27. The van der Waals surface area contributed by atoms with Gasteiger partial charge in [0.15, 0.2) is 5.43 Å². The lowest BCUT2D eigenvalue weighted by molar-refractivity contribution is 0.0912. The standard InChI is InChI=1S/C26H23N3O2/c1-26(2,18-9-11-23-16(14-18)12-13-29(23)3)28-25(31)17-8-10-20-22(15-17)27-21-7-5-4-6-19(21)24(20)30/h4-15H,1-3H3,(H,27,30)(H,28,31). The maximum atomic E-state index is 13.1. The number of nitrogens with zero attached hydrogens (tertiary/aromatic N) is 1. The summed E-state index contributed by atoms with van der Waals surface area (Å²) in [6.45, 7) is 3.98. The summed E-state index contributed by atoms with van der Waals surface area (Å²) in [5, 5.41) is 5.49. The van der Waals surface area contributed by atoms with Crippen molar-refractivity contribution in [3.63, 3.8) is 0 Å². The Balaban J connectivity index is 1.49. The van der Waals surface area contributed by atoms with Crippen molar-refractivity contribution in [2.75, 3.05) is 0 Å². The number of carbonyl (C=O) groups is 1. The number of H-pyrrole nitrogens is 1. The zero-order valence-electron chi connectivity index (χ0n) is 17.7. The van der Waals surface area contributed by atoms with Crippen molar-refractivity contribution in [3.8, 4) is 0 Å².